The van der Waals surface area contributed by atoms with Gasteiger partial charge in [-0.25, -0.2) is 4.98 Å². The largest absolute Gasteiger partial charge is 0.237 e. The van der Waals surface area contributed by atoms with E-state index in [1.807, 2.05) is 12.3 Å². The summed E-state index contributed by atoms with van der Waals surface area (Å²) in [6.07, 6.45) is 4.65. The van der Waals surface area contributed by atoms with Gasteiger partial charge in [0.2, 0.25) is 0 Å². The third-order valence-electron chi connectivity index (χ3n) is 0.871. The summed E-state index contributed by atoms with van der Waals surface area (Å²) in [5, 5.41) is 0. The van der Waals surface area contributed by atoms with E-state index in [0.717, 1.165) is 10.3 Å². The van der Waals surface area contributed by atoms with Crippen molar-refractivity contribution in [3.8, 4) is 0 Å². The smallest absolute Gasteiger partial charge is 0.159 e. The predicted octanol–water partition coefficient (Wildman–Crippen LogP) is 2.63. The van der Waals surface area contributed by atoms with Crippen molar-refractivity contribution in [2.24, 2.45) is 0 Å². The van der Waals surface area contributed by atoms with Crippen molar-refractivity contribution >= 4 is 27.3 Å². The molecule has 0 fully saturated rings. The van der Waals surface area contributed by atoms with E-state index in [-0.39, 0.29) is 0 Å². The summed E-state index contributed by atoms with van der Waals surface area (Å²) in [6.45, 7) is 3.63. The molecule has 0 aliphatic carbocycles. The second-order valence-electron chi connectivity index (χ2n) is 1.57. The second kappa shape index (κ2) is 3.13. The number of aromatic nitrogens is 1. The summed E-state index contributed by atoms with van der Waals surface area (Å²) < 4.78 is 0.944. The van der Waals surface area contributed by atoms with Gasteiger partial charge in [0.15, 0.2) is 3.92 Å². The number of hydrogen-bond donors (Lipinski definition) is 0. The van der Waals surface area contributed by atoms with Gasteiger partial charge in [0.25, 0.3) is 0 Å². The maximum Gasteiger partial charge on any atom is 0.159 e. The molecule has 0 unspecified atom stereocenters. The van der Waals surface area contributed by atoms with E-state index >= 15 is 0 Å². The van der Waals surface area contributed by atoms with Crippen LogP contribution in [0.1, 0.15) is 4.88 Å². The third-order valence-corrected chi connectivity index (χ3v) is 2.37. The number of thiazole rings is 1. The van der Waals surface area contributed by atoms with Crippen molar-refractivity contribution < 1.29 is 0 Å². The molecule has 48 valence electrons. The monoisotopic (exact) mass is 203 g/mol. The summed E-state index contributed by atoms with van der Waals surface area (Å²) in [5.41, 5.74) is 0. The molecule has 1 aromatic heterocycles. The molecule has 0 saturated heterocycles. The van der Waals surface area contributed by atoms with Crippen LogP contribution in [0.3, 0.4) is 0 Å². The Morgan fingerprint density at radius 1 is 1.89 bits per heavy atom. The van der Waals surface area contributed by atoms with Gasteiger partial charge in [0.05, 0.1) is 0 Å². The number of allylic oxidation sites excluding steroid dienone is 1. The molecule has 1 aromatic rings. The van der Waals surface area contributed by atoms with Gasteiger partial charge in [-0.3, -0.25) is 0 Å². The number of hydrogen-bond acceptors (Lipinski definition) is 2. The fraction of sp³-hybridized carbons (Fsp3) is 0.167. The molecule has 0 N–H and O–H groups in total. The molecule has 1 nitrogen and oxygen atoms in total. The SMILES string of the molecule is C=CCc1cnc(Br)s1. The molecule has 3 heteroatoms. The van der Waals surface area contributed by atoms with Crippen LogP contribution >= 0.6 is 27.3 Å². The minimum Gasteiger partial charge on any atom is -0.237 e. The molecule has 0 saturated carbocycles. The average molecular weight is 204 g/mol. The Morgan fingerprint density at radius 3 is 3.11 bits per heavy atom. The number of halogens is 1. The van der Waals surface area contributed by atoms with Crippen LogP contribution in [0.15, 0.2) is 22.8 Å². The first kappa shape index (κ1) is 6.96. The van der Waals surface area contributed by atoms with Crippen LogP contribution < -0.4 is 0 Å². The minimum absolute atomic E-state index is 0.920. The number of rotatable bonds is 2. The highest BCUT2D eigenvalue weighted by atomic mass is 79.9. The summed E-state index contributed by atoms with van der Waals surface area (Å²) >= 11 is 4.92. The highest BCUT2D eigenvalue weighted by Gasteiger charge is 1.93. The highest BCUT2D eigenvalue weighted by molar-refractivity contribution is 9.11. The Labute approximate surface area is 66.6 Å². The maximum atomic E-state index is 4.02. The zero-order valence-electron chi connectivity index (χ0n) is 4.80. The van der Waals surface area contributed by atoms with Gasteiger partial charge in [0, 0.05) is 17.5 Å². The Balaban J connectivity index is 2.72. The van der Waals surface area contributed by atoms with Crippen LogP contribution in [0.25, 0.3) is 0 Å². The lowest BCUT2D eigenvalue weighted by Crippen LogP contribution is -1.67. The molecular weight excluding hydrogens is 198 g/mol. The van der Waals surface area contributed by atoms with E-state index in [1.165, 1.54) is 4.88 Å². The summed E-state index contributed by atoms with van der Waals surface area (Å²) in [6, 6.07) is 0. The average Bonchev–Trinajstić information content (AvgIpc) is 2.17. The van der Waals surface area contributed by atoms with Gasteiger partial charge in [0.1, 0.15) is 0 Å². The molecule has 0 aliphatic rings. The fourth-order valence-electron chi connectivity index (χ4n) is 0.520. The second-order valence-corrected chi connectivity index (χ2v) is 3.96. The van der Waals surface area contributed by atoms with E-state index in [0.29, 0.717) is 0 Å². The van der Waals surface area contributed by atoms with Gasteiger partial charge < -0.3 is 0 Å². The zero-order valence-corrected chi connectivity index (χ0v) is 7.20. The van der Waals surface area contributed by atoms with Crippen LogP contribution in [0.4, 0.5) is 0 Å². The first-order valence-electron chi connectivity index (χ1n) is 2.54. The van der Waals surface area contributed by atoms with Crippen LogP contribution in [0.2, 0.25) is 0 Å². The summed E-state index contributed by atoms with van der Waals surface area (Å²) in [4.78, 5) is 5.27. The fourth-order valence-corrected chi connectivity index (χ4v) is 1.87. The Kier molecular flexibility index (Phi) is 2.42. The van der Waals surface area contributed by atoms with Gasteiger partial charge in [-0.05, 0) is 15.9 Å². The lowest BCUT2D eigenvalue weighted by Gasteiger charge is -1.80. The Hall–Kier alpha value is -0.150. The van der Waals surface area contributed by atoms with Crippen molar-refractivity contribution in [1.82, 2.24) is 4.98 Å². The van der Waals surface area contributed by atoms with Crippen molar-refractivity contribution in [3.63, 3.8) is 0 Å². The van der Waals surface area contributed by atoms with E-state index in [4.69, 9.17) is 0 Å². The van der Waals surface area contributed by atoms with Crippen molar-refractivity contribution in [3.05, 3.63) is 27.6 Å². The molecule has 0 amide bonds. The quantitative estimate of drug-likeness (QED) is 0.674. The van der Waals surface area contributed by atoms with Crippen LogP contribution in [0.5, 0.6) is 0 Å². The highest BCUT2D eigenvalue weighted by Crippen LogP contribution is 2.18. The molecule has 9 heavy (non-hydrogen) atoms. The molecular formula is C6H6BrNS. The van der Waals surface area contributed by atoms with E-state index in [2.05, 4.69) is 27.5 Å². The summed E-state index contributed by atoms with van der Waals surface area (Å²) in [7, 11) is 0. The molecule has 0 atom stereocenters. The molecule has 1 rings (SSSR count). The molecule has 0 radical (unpaired) electrons. The topological polar surface area (TPSA) is 12.9 Å². The van der Waals surface area contributed by atoms with Crippen LogP contribution in [-0.4, -0.2) is 4.98 Å². The predicted molar refractivity (Wildman–Crippen MR) is 43.7 cm³/mol. The van der Waals surface area contributed by atoms with Crippen molar-refractivity contribution in [2.75, 3.05) is 0 Å². The van der Waals surface area contributed by atoms with Gasteiger partial charge in [-0.15, -0.1) is 17.9 Å². The minimum atomic E-state index is 0.920. The molecule has 1 heterocycles. The van der Waals surface area contributed by atoms with E-state index in [1.54, 1.807) is 11.3 Å². The lowest BCUT2D eigenvalue weighted by molar-refractivity contribution is 1.28. The number of nitrogens with zero attached hydrogens (tertiary/aromatic N) is 1. The van der Waals surface area contributed by atoms with E-state index < -0.39 is 0 Å². The van der Waals surface area contributed by atoms with Crippen molar-refractivity contribution in [2.45, 2.75) is 6.42 Å². The van der Waals surface area contributed by atoms with E-state index in [9.17, 15) is 0 Å². The standard InChI is InChI=1S/C6H6BrNS/c1-2-3-5-4-8-6(7)9-5/h2,4H,1,3H2. The zero-order chi connectivity index (χ0) is 6.69. The van der Waals surface area contributed by atoms with Gasteiger partial charge >= 0.3 is 0 Å². The molecule has 0 spiro atoms. The Bertz CT molecular complexity index is 207. The van der Waals surface area contributed by atoms with Gasteiger partial charge in [-0.1, -0.05) is 6.08 Å². The van der Waals surface area contributed by atoms with Crippen LogP contribution in [0, 0.1) is 0 Å². The molecule has 0 bridgehead atoms. The molecule has 0 aromatic carbocycles. The van der Waals surface area contributed by atoms with Crippen molar-refractivity contribution in [1.29, 1.82) is 0 Å². The normalized spacial score (nSPS) is 9.44. The third kappa shape index (κ3) is 1.91. The first-order valence-corrected chi connectivity index (χ1v) is 4.15. The van der Waals surface area contributed by atoms with Crippen LogP contribution in [-0.2, 0) is 6.42 Å². The lowest BCUT2D eigenvalue weighted by atomic mass is 10.4. The molecule has 0 aliphatic heterocycles. The first-order chi connectivity index (χ1) is 4.33. The summed E-state index contributed by atoms with van der Waals surface area (Å²) in [5.74, 6) is 0. The van der Waals surface area contributed by atoms with Gasteiger partial charge in [-0.2, -0.15) is 0 Å². The maximum absolute atomic E-state index is 4.02. The Morgan fingerprint density at radius 2 is 2.67 bits per heavy atom.